The number of ether oxygens (including phenoxy) is 1. The van der Waals surface area contributed by atoms with Crippen molar-refractivity contribution >= 4 is 16.7 Å². The average Bonchev–Trinajstić information content (AvgIpc) is 2.63. The van der Waals surface area contributed by atoms with E-state index < -0.39 is 0 Å². The monoisotopic (exact) mass is 336 g/mol. The molecule has 2 nitrogen and oxygen atoms in total. The minimum atomic E-state index is -0.271. The zero-order chi connectivity index (χ0) is 17.9. The third-order valence-electron chi connectivity index (χ3n) is 4.24. The van der Waals surface area contributed by atoms with Gasteiger partial charge in [0, 0.05) is 12.0 Å². The molecular formula is C23H28O2. The van der Waals surface area contributed by atoms with E-state index in [1.165, 1.54) is 38.5 Å². The third-order valence-corrected chi connectivity index (χ3v) is 4.24. The maximum atomic E-state index is 11.8. The van der Waals surface area contributed by atoms with Gasteiger partial charge in [0.15, 0.2) is 0 Å². The van der Waals surface area contributed by atoms with Gasteiger partial charge in [-0.3, -0.25) is 0 Å². The number of esters is 1. The number of rotatable bonds is 8. The van der Waals surface area contributed by atoms with Crippen LogP contribution in [0.5, 0.6) is 0 Å². The van der Waals surface area contributed by atoms with Crippen LogP contribution in [0.1, 0.15) is 74.7 Å². The normalized spacial score (nSPS) is 10.3. The molecule has 0 spiro atoms. The van der Waals surface area contributed by atoms with Crippen LogP contribution in [0, 0.1) is 11.8 Å². The highest BCUT2D eigenvalue weighted by Gasteiger charge is 2.06. The minimum absolute atomic E-state index is 0.271. The molecular weight excluding hydrogens is 308 g/mol. The van der Waals surface area contributed by atoms with E-state index in [2.05, 4.69) is 24.8 Å². The van der Waals surface area contributed by atoms with Crippen LogP contribution >= 0.6 is 0 Å². The molecule has 0 aliphatic rings. The van der Waals surface area contributed by atoms with E-state index in [-0.39, 0.29) is 5.97 Å². The lowest BCUT2D eigenvalue weighted by Gasteiger charge is -2.04. The molecule has 0 amide bonds. The van der Waals surface area contributed by atoms with Crippen molar-refractivity contribution < 1.29 is 9.53 Å². The van der Waals surface area contributed by atoms with Crippen LogP contribution in [0.2, 0.25) is 0 Å². The molecule has 0 heterocycles. The van der Waals surface area contributed by atoms with Gasteiger partial charge in [0.05, 0.1) is 12.2 Å². The summed E-state index contributed by atoms with van der Waals surface area (Å²) in [7, 11) is 0. The van der Waals surface area contributed by atoms with Crippen LogP contribution in [0.3, 0.4) is 0 Å². The van der Waals surface area contributed by atoms with Gasteiger partial charge in [0.1, 0.15) is 0 Å². The number of carbonyl (C=O) groups excluding carboxylic acids is 1. The summed E-state index contributed by atoms with van der Waals surface area (Å²) in [5, 5.41) is 2.13. The van der Waals surface area contributed by atoms with Gasteiger partial charge in [0.25, 0.3) is 0 Å². The minimum Gasteiger partial charge on any atom is -0.462 e. The fraction of sp³-hybridized carbons (Fsp3) is 0.435. The summed E-state index contributed by atoms with van der Waals surface area (Å²) in [4.78, 5) is 11.8. The molecule has 0 atom stereocenters. The van der Waals surface area contributed by atoms with Crippen LogP contribution < -0.4 is 0 Å². The predicted molar refractivity (Wildman–Crippen MR) is 105 cm³/mol. The van der Waals surface area contributed by atoms with Crippen molar-refractivity contribution in [1.29, 1.82) is 0 Å². The Labute approximate surface area is 151 Å². The molecule has 25 heavy (non-hydrogen) atoms. The van der Waals surface area contributed by atoms with E-state index >= 15 is 0 Å². The highest BCUT2D eigenvalue weighted by molar-refractivity contribution is 5.95. The van der Waals surface area contributed by atoms with Gasteiger partial charge >= 0.3 is 5.97 Å². The molecule has 0 unspecified atom stereocenters. The summed E-state index contributed by atoms with van der Waals surface area (Å²) in [5.74, 6) is 6.26. The zero-order valence-electron chi connectivity index (χ0n) is 15.4. The maximum Gasteiger partial charge on any atom is 0.338 e. The van der Waals surface area contributed by atoms with Gasteiger partial charge < -0.3 is 4.74 Å². The van der Waals surface area contributed by atoms with Crippen LogP contribution in [0.15, 0.2) is 36.4 Å². The lowest BCUT2D eigenvalue weighted by atomic mass is 10.0. The molecule has 132 valence electrons. The Hall–Kier alpha value is -2.27. The van der Waals surface area contributed by atoms with E-state index in [4.69, 9.17) is 4.74 Å². The first-order valence-electron chi connectivity index (χ1n) is 9.44. The SMILES string of the molecule is CCCCCCCCC#Cc1ccc2cc(C(=O)OCC)ccc2c1. The highest BCUT2D eigenvalue weighted by atomic mass is 16.5. The summed E-state index contributed by atoms with van der Waals surface area (Å²) >= 11 is 0. The van der Waals surface area contributed by atoms with E-state index in [1.807, 2.05) is 37.3 Å². The second-order valence-corrected chi connectivity index (χ2v) is 6.32. The quantitative estimate of drug-likeness (QED) is 0.330. The number of benzene rings is 2. The molecule has 0 aliphatic carbocycles. The number of hydrogen-bond donors (Lipinski definition) is 0. The van der Waals surface area contributed by atoms with E-state index in [0.717, 1.165) is 22.8 Å². The first kappa shape index (κ1) is 19.1. The van der Waals surface area contributed by atoms with E-state index in [0.29, 0.717) is 12.2 Å². The second kappa shape index (κ2) is 10.6. The van der Waals surface area contributed by atoms with Gasteiger partial charge in [0.2, 0.25) is 0 Å². The molecule has 0 saturated carbocycles. The predicted octanol–water partition coefficient (Wildman–Crippen LogP) is 6.12. The Kier molecular flexibility index (Phi) is 8.05. The van der Waals surface area contributed by atoms with Crippen molar-refractivity contribution in [2.45, 2.75) is 58.8 Å². The van der Waals surface area contributed by atoms with Crippen LogP contribution in [-0.4, -0.2) is 12.6 Å². The van der Waals surface area contributed by atoms with Crippen LogP contribution in [0.25, 0.3) is 10.8 Å². The van der Waals surface area contributed by atoms with Crippen molar-refractivity contribution in [3.05, 3.63) is 47.5 Å². The number of unbranched alkanes of at least 4 members (excludes halogenated alkanes) is 6. The number of fused-ring (bicyclic) bond motifs is 1. The Morgan fingerprint density at radius 1 is 0.920 bits per heavy atom. The average molecular weight is 336 g/mol. The summed E-state index contributed by atoms with van der Waals surface area (Å²) < 4.78 is 5.05. The van der Waals surface area contributed by atoms with Crippen molar-refractivity contribution in [3.8, 4) is 11.8 Å². The molecule has 0 aliphatic heterocycles. The first-order valence-corrected chi connectivity index (χ1v) is 9.44. The van der Waals surface area contributed by atoms with Crippen molar-refractivity contribution in [2.75, 3.05) is 6.61 Å². The molecule has 2 aromatic carbocycles. The summed E-state index contributed by atoms with van der Waals surface area (Å²) in [6, 6.07) is 11.8. The molecule has 0 bridgehead atoms. The van der Waals surface area contributed by atoms with Crippen molar-refractivity contribution in [1.82, 2.24) is 0 Å². The van der Waals surface area contributed by atoms with Gasteiger partial charge in [-0.2, -0.15) is 0 Å². The van der Waals surface area contributed by atoms with Gasteiger partial charge in [-0.15, -0.1) is 0 Å². The standard InChI is InChI=1S/C23H28O2/c1-3-5-6-7-8-9-10-11-12-19-13-14-21-18-22(23(24)25-4-2)16-15-20(21)17-19/h13-18H,3-10H2,1-2H3. The summed E-state index contributed by atoms with van der Waals surface area (Å²) in [6.07, 6.45) is 8.75. The van der Waals surface area contributed by atoms with E-state index in [9.17, 15) is 4.79 Å². The van der Waals surface area contributed by atoms with Crippen LogP contribution in [0.4, 0.5) is 0 Å². The molecule has 0 radical (unpaired) electrons. The Morgan fingerprint density at radius 3 is 2.44 bits per heavy atom. The maximum absolute atomic E-state index is 11.8. The summed E-state index contributed by atoms with van der Waals surface area (Å²) in [5.41, 5.74) is 1.62. The van der Waals surface area contributed by atoms with Gasteiger partial charge in [-0.25, -0.2) is 4.79 Å². The highest BCUT2D eigenvalue weighted by Crippen LogP contribution is 2.18. The zero-order valence-corrected chi connectivity index (χ0v) is 15.4. The Bertz CT molecular complexity index is 750. The van der Waals surface area contributed by atoms with Gasteiger partial charge in [-0.05, 0) is 48.4 Å². The van der Waals surface area contributed by atoms with Crippen molar-refractivity contribution in [2.24, 2.45) is 0 Å². The molecule has 2 heteroatoms. The fourth-order valence-electron chi connectivity index (χ4n) is 2.82. The van der Waals surface area contributed by atoms with Crippen LogP contribution in [-0.2, 0) is 4.74 Å². The third kappa shape index (κ3) is 6.27. The first-order chi connectivity index (χ1) is 12.2. The Balaban J connectivity index is 1.92. The second-order valence-electron chi connectivity index (χ2n) is 6.32. The number of carbonyl (C=O) groups is 1. The molecule has 0 fully saturated rings. The summed E-state index contributed by atoms with van der Waals surface area (Å²) in [6.45, 7) is 4.45. The molecule has 2 aromatic rings. The fourth-order valence-corrected chi connectivity index (χ4v) is 2.82. The molecule has 2 rings (SSSR count). The number of hydrogen-bond acceptors (Lipinski definition) is 2. The molecule has 0 aromatic heterocycles. The van der Waals surface area contributed by atoms with E-state index in [1.54, 1.807) is 0 Å². The van der Waals surface area contributed by atoms with Gasteiger partial charge in [-0.1, -0.05) is 63.0 Å². The molecule has 0 saturated heterocycles. The lowest BCUT2D eigenvalue weighted by molar-refractivity contribution is 0.0526. The Morgan fingerprint density at radius 2 is 1.64 bits per heavy atom. The topological polar surface area (TPSA) is 26.3 Å². The smallest absolute Gasteiger partial charge is 0.338 e. The lowest BCUT2D eigenvalue weighted by Crippen LogP contribution is -2.04. The van der Waals surface area contributed by atoms with Crippen molar-refractivity contribution in [3.63, 3.8) is 0 Å². The molecule has 0 N–H and O–H groups in total. The largest absolute Gasteiger partial charge is 0.462 e.